The molecule has 2 heteroatoms. The van der Waals surface area contributed by atoms with Crippen molar-refractivity contribution in [1.29, 1.82) is 0 Å². The van der Waals surface area contributed by atoms with Gasteiger partial charge >= 0.3 is 0 Å². The van der Waals surface area contributed by atoms with Gasteiger partial charge in [0.15, 0.2) is 0 Å². The molecule has 3 N–H and O–H groups in total. The first-order chi connectivity index (χ1) is 7.00. The van der Waals surface area contributed by atoms with Gasteiger partial charge in [0.25, 0.3) is 0 Å². The molecule has 0 unspecified atom stereocenters. The highest BCUT2D eigenvalue weighted by molar-refractivity contribution is 5.64. The molecule has 0 aliphatic rings. The van der Waals surface area contributed by atoms with E-state index >= 15 is 0 Å². The van der Waals surface area contributed by atoms with Crippen LogP contribution < -0.4 is 11.1 Å². The first-order valence-corrected chi connectivity index (χ1v) is 5.51. The molecule has 1 rings (SSSR count). The molecule has 1 aromatic carbocycles. The lowest BCUT2D eigenvalue weighted by atomic mass is 9.93. The summed E-state index contributed by atoms with van der Waals surface area (Å²) in [6, 6.07) is 0. The monoisotopic (exact) mass is 206 g/mol. The molecule has 0 aliphatic heterocycles. The zero-order chi connectivity index (χ0) is 11.6. The molecule has 0 fully saturated rings. The second kappa shape index (κ2) is 4.67. The summed E-state index contributed by atoms with van der Waals surface area (Å²) in [7, 11) is 0. The van der Waals surface area contributed by atoms with Crippen molar-refractivity contribution in [2.24, 2.45) is 5.73 Å². The van der Waals surface area contributed by atoms with Gasteiger partial charge in [-0.05, 0) is 62.4 Å². The van der Waals surface area contributed by atoms with Crippen molar-refractivity contribution >= 4 is 5.69 Å². The van der Waals surface area contributed by atoms with Crippen LogP contribution in [0.2, 0.25) is 0 Å². The van der Waals surface area contributed by atoms with Crippen molar-refractivity contribution in [2.75, 3.05) is 18.4 Å². The number of benzene rings is 1. The average molecular weight is 206 g/mol. The second-order valence-electron chi connectivity index (χ2n) is 4.22. The maximum Gasteiger partial charge on any atom is 0.0405 e. The van der Waals surface area contributed by atoms with E-state index in [9.17, 15) is 0 Å². The lowest BCUT2D eigenvalue weighted by Gasteiger charge is -2.19. The van der Waals surface area contributed by atoms with Crippen LogP contribution in [0.4, 0.5) is 5.69 Å². The Morgan fingerprint density at radius 2 is 1.20 bits per heavy atom. The molecule has 0 saturated carbocycles. The fourth-order valence-electron chi connectivity index (χ4n) is 1.96. The number of anilines is 1. The summed E-state index contributed by atoms with van der Waals surface area (Å²) in [6.45, 7) is 12.4. The lowest BCUT2D eigenvalue weighted by Crippen LogP contribution is -2.15. The highest BCUT2D eigenvalue weighted by Gasteiger charge is 2.10. The largest absolute Gasteiger partial charge is 0.383 e. The number of hydrogen-bond acceptors (Lipinski definition) is 2. The van der Waals surface area contributed by atoms with Crippen molar-refractivity contribution in [3.05, 3.63) is 27.8 Å². The predicted molar refractivity (Wildman–Crippen MR) is 67.7 cm³/mol. The predicted octanol–water partition coefficient (Wildman–Crippen LogP) is 2.60. The first-order valence-electron chi connectivity index (χ1n) is 5.51. The summed E-state index contributed by atoms with van der Waals surface area (Å²) in [4.78, 5) is 0. The van der Waals surface area contributed by atoms with Gasteiger partial charge in [0.2, 0.25) is 0 Å². The Bertz CT molecular complexity index is 338. The minimum Gasteiger partial charge on any atom is -0.383 e. The van der Waals surface area contributed by atoms with Crippen LogP contribution in [0.1, 0.15) is 27.8 Å². The van der Waals surface area contributed by atoms with E-state index < -0.39 is 0 Å². The molecule has 15 heavy (non-hydrogen) atoms. The minimum atomic E-state index is 0.671. The summed E-state index contributed by atoms with van der Waals surface area (Å²) in [5.41, 5.74) is 13.7. The van der Waals surface area contributed by atoms with E-state index in [4.69, 9.17) is 5.73 Å². The lowest BCUT2D eigenvalue weighted by molar-refractivity contribution is 1.01. The molecule has 0 saturated heterocycles. The zero-order valence-electron chi connectivity index (χ0n) is 10.5. The first kappa shape index (κ1) is 12.1. The molecule has 0 aromatic heterocycles. The Morgan fingerprint density at radius 3 is 1.60 bits per heavy atom. The fraction of sp³-hybridized carbons (Fsp3) is 0.538. The molecule has 0 atom stereocenters. The Morgan fingerprint density at radius 1 is 0.800 bits per heavy atom. The van der Waals surface area contributed by atoms with Gasteiger partial charge in [-0.25, -0.2) is 0 Å². The molecule has 0 bridgehead atoms. The van der Waals surface area contributed by atoms with Gasteiger partial charge in [-0.15, -0.1) is 0 Å². The second-order valence-corrected chi connectivity index (χ2v) is 4.22. The summed E-state index contributed by atoms with van der Waals surface area (Å²) < 4.78 is 0. The number of nitrogens with two attached hydrogens (primary N) is 1. The van der Waals surface area contributed by atoms with Gasteiger partial charge < -0.3 is 11.1 Å². The average Bonchev–Trinajstić information content (AvgIpc) is 2.24. The van der Waals surface area contributed by atoms with Crippen LogP contribution in [0, 0.1) is 34.6 Å². The smallest absolute Gasteiger partial charge is 0.0405 e. The van der Waals surface area contributed by atoms with Crippen LogP contribution in [0.15, 0.2) is 0 Å². The molecule has 0 aliphatic carbocycles. The third-order valence-corrected chi connectivity index (χ3v) is 3.45. The zero-order valence-corrected chi connectivity index (χ0v) is 10.5. The van der Waals surface area contributed by atoms with Crippen molar-refractivity contribution < 1.29 is 0 Å². The third kappa shape index (κ3) is 2.15. The van der Waals surface area contributed by atoms with E-state index in [1.807, 2.05) is 0 Å². The molecular weight excluding hydrogens is 184 g/mol. The number of rotatable bonds is 3. The Balaban J connectivity index is 3.26. The number of hydrogen-bond donors (Lipinski definition) is 2. The summed E-state index contributed by atoms with van der Waals surface area (Å²) in [5, 5.41) is 3.41. The Kier molecular flexibility index (Phi) is 3.75. The van der Waals surface area contributed by atoms with Gasteiger partial charge in [-0.2, -0.15) is 0 Å². The summed E-state index contributed by atoms with van der Waals surface area (Å²) in [5.74, 6) is 0. The van der Waals surface area contributed by atoms with Crippen molar-refractivity contribution in [1.82, 2.24) is 0 Å². The molecule has 0 radical (unpaired) electrons. The van der Waals surface area contributed by atoms with Crippen LogP contribution in [0.5, 0.6) is 0 Å². The van der Waals surface area contributed by atoms with E-state index in [1.54, 1.807) is 0 Å². The van der Waals surface area contributed by atoms with Crippen LogP contribution in [-0.4, -0.2) is 13.1 Å². The Labute approximate surface area is 92.9 Å². The standard InChI is InChI=1S/C13H22N2/c1-8-9(2)11(4)13(15-7-6-14)12(5)10(8)3/h15H,6-7,14H2,1-5H3. The van der Waals surface area contributed by atoms with Gasteiger partial charge in [0.1, 0.15) is 0 Å². The van der Waals surface area contributed by atoms with Crippen LogP contribution in [0.25, 0.3) is 0 Å². The molecule has 84 valence electrons. The van der Waals surface area contributed by atoms with E-state index in [0.717, 1.165) is 6.54 Å². The van der Waals surface area contributed by atoms with E-state index in [0.29, 0.717) is 6.54 Å². The van der Waals surface area contributed by atoms with Gasteiger partial charge in [0.05, 0.1) is 0 Å². The minimum absolute atomic E-state index is 0.671. The van der Waals surface area contributed by atoms with E-state index in [-0.39, 0.29) is 0 Å². The van der Waals surface area contributed by atoms with Crippen LogP contribution in [-0.2, 0) is 0 Å². The van der Waals surface area contributed by atoms with Crippen molar-refractivity contribution in [3.63, 3.8) is 0 Å². The molecule has 0 spiro atoms. The van der Waals surface area contributed by atoms with Gasteiger partial charge in [-0.3, -0.25) is 0 Å². The normalized spacial score (nSPS) is 10.5. The van der Waals surface area contributed by atoms with Crippen LogP contribution >= 0.6 is 0 Å². The molecule has 2 nitrogen and oxygen atoms in total. The highest BCUT2D eigenvalue weighted by atomic mass is 14.9. The summed E-state index contributed by atoms with van der Waals surface area (Å²) in [6.07, 6.45) is 0. The van der Waals surface area contributed by atoms with E-state index in [2.05, 4.69) is 39.9 Å². The third-order valence-electron chi connectivity index (χ3n) is 3.45. The maximum absolute atomic E-state index is 5.52. The van der Waals surface area contributed by atoms with Gasteiger partial charge in [-0.1, -0.05) is 0 Å². The van der Waals surface area contributed by atoms with Crippen LogP contribution in [0.3, 0.4) is 0 Å². The molecular formula is C13H22N2. The Hall–Kier alpha value is -1.02. The molecule has 1 aromatic rings. The number of nitrogens with one attached hydrogen (secondary N) is 1. The summed E-state index contributed by atoms with van der Waals surface area (Å²) >= 11 is 0. The van der Waals surface area contributed by atoms with Crippen molar-refractivity contribution in [3.8, 4) is 0 Å². The highest BCUT2D eigenvalue weighted by Crippen LogP contribution is 2.29. The topological polar surface area (TPSA) is 38.0 Å². The molecule has 0 heterocycles. The fourth-order valence-corrected chi connectivity index (χ4v) is 1.96. The van der Waals surface area contributed by atoms with Gasteiger partial charge in [0, 0.05) is 18.8 Å². The quantitative estimate of drug-likeness (QED) is 0.797. The van der Waals surface area contributed by atoms with Crippen molar-refractivity contribution in [2.45, 2.75) is 34.6 Å². The SMILES string of the molecule is Cc1c(C)c(C)c(NCCN)c(C)c1C. The van der Waals surface area contributed by atoms with E-state index in [1.165, 1.54) is 33.5 Å². The maximum atomic E-state index is 5.52. The molecule has 0 amide bonds.